The van der Waals surface area contributed by atoms with Crippen molar-refractivity contribution in [1.82, 2.24) is 0 Å². The summed E-state index contributed by atoms with van der Waals surface area (Å²) < 4.78 is 0. The molecule has 1 fully saturated rings. The lowest BCUT2D eigenvalue weighted by molar-refractivity contribution is -0.117. The standard InChI is InChI=1S/C16H22O2/c1-2-3-4-16(18)13-7-5-12(6-8-13)14-9-10-15(17)11-14/h5-8,14,16,18H,2-4,9-11H2,1H3/t14-,16?/m0/s1. The molecule has 0 radical (unpaired) electrons. The Balaban J connectivity index is 1.98. The lowest BCUT2D eigenvalue weighted by Crippen LogP contribution is -1.99. The Kier molecular flexibility index (Phi) is 4.54. The van der Waals surface area contributed by atoms with Gasteiger partial charge in [-0.3, -0.25) is 4.79 Å². The van der Waals surface area contributed by atoms with Crippen LogP contribution in [0.3, 0.4) is 0 Å². The largest absolute Gasteiger partial charge is 0.388 e. The van der Waals surface area contributed by atoms with Gasteiger partial charge in [0.2, 0.25) is 0 Å². The van der Waals surface area contributed by atoms with E-state index in [4.69, 9.17) is 0 Å². The number of Topliss-reactive ketones (excluding diaryl/α,β-unsaturated/α-hetero) is 1. The van der Waals surface area contributed by atoms with Gasteiger partial charge in [0.25, 0.3) is 0 Å². The molecule has 2 atom stereocenters. The Morgan fingerprint density at radius 1 is 1.33 bits per heavy atom. The van der Waals surface area contributed by atoms with Gasteiger partial charge < -0.3 is 5.11 Å². The van der Waals surface area contributed by atoms with Crippen LogP contribution in [0.5, 0.6) is 0 Å². The number of hydrogen-bond acceptors (Lipinski definition) is 2. The molecule has 2 nitrogen and oxygen atoms in total. The zero-order valence-electron chi connectivity index (χ0n) is 11.1. The van der Waals surface area contributed by atoms with Crippen molar-refractivity contribution >= 4 is 5.78 Å². The Morgan fingerprint density at radius 2 is 2.06 bits per heavy atom. The first kappa shape index (κ1) is 13.3. The highest BCUT2D eigenvalue weighted by atomic mass is 16.3. The number of carbonyl (C=O) groups excluding carboxylic acids is 1. The number of ketones is 1. The molecule has 0 amide bonds. The third kappa shape index (κ3) is 3.20. The second kappa shape index (κ2) is 6.14. The second-order valence-electron chi connectivity index (χ2n) is 5.30. The normalized spacial score (nSPS) is 21.2. The molecule has 0 aliphatic heterocycles. The van der Waals surface area contributed by atoms with E-state index in [0.29, 0.717) is 18.1 Å². The molecule has 0 heterocycles. The maximum atomic E-state index is 11.3. The van der Waals surface area contributed by atoms with E-state index in [9.17, 15) is 9.90 Å². The molecule has 1 unspecified atom stereocenters. The lowest BCUT2D eigenvalue weighted by Gasteiger charge is -2.13. The van der Waals surface area contributed by atoms with Gasteiger partial charge in [-0.05, 0) is 29.9 Å². The van der Waals surface area contributed by atoms with Gasteiger partial charge in [-0.25, -0.2) is 0 Å². The molecule has 0 saturated heterocycles. The van der Waals surface area contributed by atoms with Crippen molar-refractivity contribution in [3.63, 3.8) is 0 Å². The van der Waals surface area contributed by atoms with Crippen molar-refractivity contribution in [2.24, 2.45) is 0 Å². The molecule has 1 aliphatic rings. The molecule has 18 heavy (non-hydrogen) atoms. The summed E-state index contributed by atoms with van der Waals surface area (Å²) in [7, 11) is 0. The molecule has 0 aromatic heterocycles. The molecular formula is C16H22O2. The van der Waals surface area contributed by atoms with Gasteiger partial charge in [0.15, 0.2) is 0 Å². The molecule has 0 spiro atoms. The van der Waals surface area contributed by atoms with Crippen LogP contribution in [0, 0.1) is 0 Å². The summed E-state index contributed by atoms with van der Waals surface area (Å²) in [5.41, 5.74) is 2.24. The Hall–Kier alpha value is -1.15. The molecule has 2 rings (SSSR count). The molecule has 1 aliphatic carbocycles. The first-order valence-electron chi connectivity index (χ1n) is 7.00. The predicted octanol–water partition coefficient (Wildman–Crippen LogP) is 3.75. The molecule has 98 valence electrons. The maximum Gasteiger partial charge on any atom is 0.133 e. The van der Waals surface area contributed by atoms with Crippen LogP contribution < -0.4 is 0 Å². The average Bonchev–Trinajstić information content (AvgIpc) is 2.83. The second-order valence-corrected chi connectivity index (χ2v) is 5.30. The topological polar surface area (TPSA) is 37.3 Å². The fourth-order valence-corrected chi connectivity index (χ4v) is 2.65. The van der Waals surface area contributed by atoms with E-state index in [1.165, 1.54) is 5.56 Å². The van der Waals surface area contributed by atoms with Crippen LogP contribution in [0.15, 0.2) is 24.3 Å². The highest BCUT2D eigenvalue weighted by Crippen LogP contribution is 2.32. The van der Waals surface area contributed by atoms with Crippen molar-refractivity contribution in [1.29, 1.82) is 0 Å². The van der Waals surface area contributed by atoms with Gasteiger partial charge in [-0.1, -0.05) is 44.0 Å². The zero-order valence-corrected chi connectivity index (χ0v) is 11.1. The number of benzene rings is 1. The van der Waals surface area contributed by atoms with Crippen LogP contribution in [0.1, 0.15) is 68.6 Å². The summed E-state index contributed by atoms with van der Waals surface area (Å²) in [5, 5.41) is 10.00. The molecule has 1 saturated carbocycles. The third-order valence-corrected chi connectivity index (χ3v) is 3.87. The van der Waals surface area contributed by atoms with E-state index >= 15 is 0 Å². The van der Waals surface area contributed by atoms with E-state index in [-0.39, 0.29) is 6.10 Å². The van der Waals surface area contributed by atoms with E-state index in [2.05, 4.69) is 19.1 Å². The molecule has 1 aromatic carbocycles. The summed E-state index contributed by atoms with van der Waals surface area (Å²) in [5.74, 6) is 0.784. The van der Waals surface area contributed by atoms with E-state index in [0.717, 1.165) is 37.7 Å². The minimum atomic E-state index is -0.343. The minimum absolute atomic E-state index is 0.343. The number of hydrogen-bond donors (Lipinski definition) is 1. The van der Waals surface area contributed by atoms with Crippen molar-refractivity contribution in [3.8, 4) is 0 Å². The fraction of sp³-hybridized carbons (Fsp3) is 0.562. The Bertz CT molecular complexity index is 394. The Labute approximate surface area is 109 Å². The smallest absolute Gasteiger partial charge is 0.133 e. The summed E-state index contributed by atoms with van der Waals surface area (Å²) in [4.78, 5) is 11.3. The molecule has 1 aromatic rings. The van der Waals surface area contributed by atoms with Crippen LogP contribution in [-0.4, -0.2) is 10.9 Å². The average molecular weight is 246 g/mol. The highest BCUT2D eigenvalue weighted by molar-refractivity contribution is 5.81. The quantitative estimate of drug-likeness (QED) is 0.859. The summed E-state index contributed by atoms with van der Waals surface area (Å²) in [6.45, 7) is 2.13. The number of carbonyl (C=O) groups is 1. The van der Waals surface area contributed by atoms with Crippen molar-refractivity contribution in [2.75, 3.05) is 0 Å². The molecular weight excluding hydrogens is 224 g/mol. The summed E-state index contributed by atoms with van der Waals surface area (Å²) in [6, 6.07) is 8.18. The van der Waals surface area contributed by atoms with Crippen molar-refractivity contribution in [2.45, 2.75) is 57.5 Å². The van der Waals surface area contributed by atoms with Gasteiger partial charge in [0.05, 0.1) is 6.10 Å². The molecule has 1 N–H and O–H groups in total. The highest BCUT2D eigenvalue weighted by Gasteiger charge is 2.23. The van der Waals surface area contributed by atoms with E-state index in [1.54, 1.807) is 0 Å². The van der Waals surface area contributed by atoms with Crippen molar-refractivity contribution < 1.29 is 9.90 Å². The number of unbranched alkanes of at least 4 members (excludes halogenated alkanes) is 1. The minimum Gasteiger partial charge on any atom is -0.388 e. The van der Waals surface area contributed by atoms with Crippen LogP contribution in [0.25, 0.3) is 0 Å². The zero-order chi connectivity index (χ0) is 13.0. The van der Waals surface area contributed by atoms with Crippen LogP contribution >= 0.6 is 0 Å². The monoisotopic (exact) mass is 246 g/mol. The van der Waals surface area contributed by atoms with E-state index in [1.807, 2.05) is 12.1 Å². The fourth-order valence-electron chi connectivity index (χ4n) is 2.65. The van der Waals surface area contributed by atoms with Crippen LogP contribution in [0.2, 0.25) is 0 Å². The van der Waals surface area contributed by atoms with Crippen molar-refractivity contribution in [3.05, 3.63) is 35.4 Å². The summed E-state index contributed by atoms with van der Waals surface area (Å²) >= 11 is 0. The maximum absolute atomic E-state index is 11.3. The summed E-state index contributed by atoms with van der Waals surface area (Å²) in [6.07, 6.45) is 5.06. The lowest BCUT2D eigenvalue weighted by atomic mass is 9.95. The third-order valence-electron chi connectivity index (χ3n) is 3.87. The predicted molar refractivity (Wildman–Crippen MR) is 72.5 cm³/mol. The van der Waals surface area contributed by atoms with Gasteiger partial charge in [-0.2, -0.15) is 0 Å². The van der Waals surface area contributed by atoms with Crippen LogP contribution in [0.4, 0.5) is 0 Å². The number of rotatable bonds is 5. The van der Waals surface area contributed by atoms with Gasteiger partial charge in [0, 0.05) is 12.8 Å². The SMILES string of the molecule is CCCCC(O)c1ccc([C@H]2CCC(=O)C2)cc1. The van der Waals surface area contributed by atoms with Gasteiger partial charge in [-0.15, -0.1) is 0 Å². The van der Waals surface area contributed by atoms with E-state index < -0.39 is 0 Å². The van der Waals surface area contributed by atoms with Gasteiger partial charge in [0.1, 0.15) is 5.78 Å². The first-order chi connectivity index (χ1) is 8.70. The molecule has 2 heteroatoms. The number of aliphatic hydroxyl groups is 1. The van der Waals surface area contributed by atoms with Crippen LogP contribution in [-0.2, 0) is 4.79 Å². The Morgan fingerprint density at radius 3 is 2.61 bits per heavy atom. The van der Waals surface area contributed by atoms with Gasteiger partial charge >= 0.3 is 0 Å². The number of aliphatic hydroxyl groups excluding tert-OH is 1. The molecule has 0 bridgehead atoms. The first-order valence-corrected chi connectivity index (χ1v) is 7.00.